The quantitative estimate of drug-likeness (QED) is 0.220. The largest absolute Gasteiger partial charge is 0.381 e. The van der Waals surface area contributed by atoms with Crippen LogP contribution in [0.5, 0.6) is 0 Å². The Morgan fingerprint density at radius 1 is 1.29 bits per heavy atom. The van der Waals surface area contributed by atoms with Crippen LogP contribution in [0.1, 0.15) is 38.7 Å². The minimum atomic E-state index is 0. The first-order chi connectivity index (χ1) is 13.1. The van der Waals surface area contributed by atoms with Gasteiger partial charge in [-0.3, -0.25) is 4.99 Å². The molecule has 1 aromatic carbocycles. The molecule has 1 aliphatic rings. The second-order valence-electron chi connectivity index (χ2n) is 7.58. The van der Waals surface area contributed by atoms with Crippen LogP contribution in [0.15, 0.2) is 29.3 Å². The van der Waals surface area contributed by atoms with E-state index >= 15 is 0 Å². The Hall–Kier alpha value is -0.570. The molecule has 0 aromatic heterocycles. The van der Waals surface area contributed by atoms with Gasteiger partial charge in [-0.05, 0) is 42.9 Å². The van der Waals surface area contributed by atoms with E-state index in [0.29, 0.717) is 5.92 Å². The second kappa shape index (κ2) is 13.6. The number of nitrogens with zero attached hydrogens (tertiary/aromatic N) is 1. The third kappa shape index (κ3) is 8.43. The Labute approximate surface area is 192 Å². The second-order valence-corrected chi connectivity index (χ2v) is 8.01. The van der Waals surface area contributed by atoms with Gasteiger partial charge in [0.05, 0.1) is 0 Å². The minimum absolute atomic E-state index is 0. The number of halogens is 2. The molecule has 0 bridgehead atoms. The van der Waals surface area contributed by atoms with Gasteiger partial charge in [0.1, 0.15) is 0 Å². The third-order valence-corrected chi connectivity index (χ3v) is 5.15. The normalized spacial score (nSPS) is 16.5. The molecule has 2 rings (SSSR count). The molecule has 1 saturated heterocycles. The summed E-state index contributed by atoms with van der Waals surface area (Å²) in [5.74, 6) is 1.40. The first-order valence-corrected chi connectivity index (χ1v) is 10.3. The zero-order chi connectivity index (χ0) is 19.5. The fraction of sp³-hybridized carbons (Fsp3) is 0.667. The van der Waals surface area contributed by atoms with Gasteiger partial charge < -0.3 is 20.1 Å². The van der Waals surface area contributed by atoms with E-state index in [4.69, 9.17) is 21.1 Å². The lowest BCUT2D eigenvalue weighted by Gasteiger charge is -2.38. The fourth-order valence-electron chi connectivity index (χ4n) is 3.32. The summed E-state index contributed by atoms with van der Waals surface area (Å²) in [7, 11) is 1.81. The van der Waals surface area contributed by atoms with Crippen LogP contribution in [-0.2, 0) is 14.9 Å². The Balaban J connectivity index is 0.00000392. The third-order valence-electron chi connectivity index (χ3n) is 4.91. The minimum Gasteiger partial charge on any atom is -0.381 e. The Bertz CT molecular complexity index is 593. The van der Waals surface area contributed by atoms with Gasteiger partial charge in [0.15, 0.2) is 5.96 Å². The summed E-state index contributed by atoms with van der Waals surface area (Å²) in [5, 5.41) is 7.67. The molecular weight excluding hydrogens is 489 g/mol. The lowest BCUT2D eigenvalue weighted by atomic mass is 9.74. The van der Waals surface area contributed by atoms with Gasteiger partial charge in [0, 0.05) is 57.0 Å². The molecule has 0 unspecified atom stereocenters. The van der Waals surface area contributed by atoms with Gasteiger partial charge in [0.2, 0.25) is 0 Å². The van der Waals surface area contributed by atoms with Crippen molar-refractivity contribution in [2.24, 2.45) is 10.9 Å². The number of hydrogen-bond acceptors (Lipinski definition) is 3. The van der Waals surface area contributed by atoms with Crippen LogP contribution in [0.4, 0.5) is 0 Å². The van der Waals surface area contributed by atoms with Gasteiger partial charge >= 0.3 is 0 Å². The Morgan fingerprint density at radius 3 is 2.68 bits per heavy atom. The van der Waals surface area contributed by atoms with Gasteiger partial charge in [-0.1, -0.05) is 37.6 Å². The number of hydrogen-bond donors (Lipinski definition) is 2. The lowest BCUT2D eigenvalue weighted by Crippen LogP contribution is -2.48. The molecule has 0 radical (unpaired) electrons. The highest BCUT2D eigenvalue weighted by atomic mass is 127. The molecule has 0 spiro atoms. The van der Waals surface area contributed by atoms with Crippen molar-refractivity contribution in [1.29, 1.82) is 0 Å². The maximum absolute atomic E-state index is 6.25. The first-order valence-electron chi connectivity index (χ1n) is 9.92. The summed E-state index contributed by atoms with van der Waals surface area (Å²) >= 11 is 6.25. The van der Waals surface area contributed by atoms with E-state index in [1.54, 1.807) is 7.05 Å². The number of benzene rings is 1. The van der Waals surface area contributed by atoms with Crippen molar-refractivity contribution in [2.45, 2.75) is 38.5 Å². The van der Waals surface area contributed by atoms with Crippen molar-refractivity contribution in [2.75, 3.05) is 46.6 Å². The molecule has 1 heterocycles. The maximum atomic E-state index is 6.25. The number of guanidine groups is 1. The fourth-order valence-corrected chi connectivity index (χ4v) is 3.51. The smallest absolute Gasteiger partial charge is 0.191 e. The van der Waals surface area contributed by atoms with E-state index in [1.807, 2.05) is 12.1 Å². The highest BCUT2D eigenvalue weighted by molar-refractivity contribution is 14.0. The molecule has 0 amide bonds. The summed E-state index contributed by atoms with van der Waals surface area (Å²) in [6.45, 7) is 9.10. The van der Waals surface area contributed by atoms with Crippen molar-refractivity contribution in [3.05, 3.63) is 34.9 Å². The Morgan fingerprint density at radius 2 is 2.04 bits per heavy atom. The molecule has 1 aliphatic heterocycles. The molecule has 5 nitrogen and oxygen atoms in total. The summed E-state index contributed by atoms with van der Waals surface area (Å²) in [6.07, 6.45) is 2.90. The summed E-state index contributed by atoms with van der Waals surface area (Å²) in [6, 6.07) is 8.20. The van der Waals surface area contributed by atoms with Crippen LogP contribution in [-0.4, -0.2) is 52.5 Å². The van der Waals surface area contributed by atoms with E-state index < -0.39 is 0 Å². The monoisotopic (exact) mass is 523 g/mol. The van der Waals surface area contributed by atoms with Crippen LogP contribution in [0.25, 0.3) is 0 Å². The van der Waals surface area contributed by atoms with Crippen LogP contribution in [0.2, 0.25) is 5.02 Å². The van der Waals surface area contributed by atoms with Gasteiger partial charge in [-0.2, -0.15) is 0 Å². The SMILES string of the molecule is CN=C(NCCCOCC(C)C)NCC1(c2cccc(Cl)c2)CCOCC1.I. The molecule has 0 aliphatic carbocycles. The van der Waals surface area contributed by atoms with Crippen LogP contribution < -0.4 is 10.6 Å². The summed E-state index contributed by atoms with van der Waals surface area (Å²) < 4.78 is 11.2. The number of nitrogens with one attached hydrogen (secondary N) is 2. The van der Waals surface area contributed by atoms with Crippen LogP contribution >= 0.6 is 35.6 Å². The lowest BCUT2D eigenvalue weighted by molar-refractivity contribution is 0.0514. The molecule has 1 fully saturated rings. The van der Waals surface area contributed by atoms with Crippen molar-refractivity contribution in [1.82, 2.24) is 10.6 Å². The molecule has 2 N–H and O–H groups in total. The maximum Gasteiger partial charge on any atom is 0.191 e. The van der Waals surface area contributed by atoms with Gasteiger partial charge in [-0.25, -0.2) is 0 Å². The number of rotatable bonds is 9. The molecule has 160 valence electrons. The van der Waals surface area contributed by atoms with E-state index in [0.717, 1.165) is 69.8 Å². The van der Waals surface area contributed by atoms with Crippen molar-refractivity contribution >= 4 is 41.5 Å². The van der Waals surface area contributed by atoms with E-state index in [2.05, 4.69) is 41.6 Å². The average molecular weight is 524 g/mol. The number of ether oxygens (including phenoxy) is 2. The zero-order valence-electron chi connectivity index (χ0n) is 17.3. The molecule has 28 heavy (non-hydrogen) atoms. The molecule has 0 atom stereocenters. The van der Waals surface area contributed by atoms with Crippen molar-refractivity contribution in [3.63, 3.8) is 0 Å². The van der Waals surface area contributed by atoms with E-state index in [-0.39, 0.29) is 29.4 Å². The zero-order valence-corrected chi connectivity index (χ0v) is 20.4. The first kappa shape index (κ1) is 25.5. The predicted molar refractivity (Wildman–Crippen MR) is 128 cm³/mol. The standard InChI is InChI=1S/C21H34ClN3O2.HI/c1-17(2)15-27-11-5-10-24-20(23-3)25-16-21(8-12-26-13-9-21)18-6-4-7-19(22)14-18;/h4,6-7,14,17H,5,8-13,15-16H2,1-3H3,(H2,23,24,25);1H. The van der Waals surface area contributed by atoms with Crippen molar-refractivity contribution in [3.8, 4) is 0 Å². The Kier molecular flexibility index (Phi) is 12.4. The summed E-state index contributed by atoms with van der Waals surface area (Å²) in [4.78, 5) is 4.36. The summed E-state index contributed by atoms with van der Waals surface area (Å²) in [5.41, 5.74) is 1.28. The van der Waals surface area contributed by atoms with E-state index in [1.165, 1.54) is 5.56 Å². The number of aliphatic imine (C=N–C) groups is 1. The van der Waals surface area contributed by atoms with Gasteiger partial charge in [-0.15, -0.1) is 24.0 Å². The van der Waals surface area contributed by atoms with Gasteiger partial charge in [0.25, 0.3) is 0 Å². The molecule has 0 saturated carbocycles. The molecule has 1 aromatic rings. The van der Waals surface area contributed by atoms with E-state index in [9.17, 15) is 0 Å². The van der Waals surface area contributed by atoms with Crippen LogP contribution in [0.3, 0.4) is 0 Å². The van der Waals surface area contributed by atoms with Crippen LogP contribution in [0, 0.1) is 5.92 Å². The highest BCUT2D eigenvalue weighted by Gasteiger charge is 2.34. The highest BCUT2D eigenvalue weighted by Crippen LogP contribution is 2.35. The molecule has 7 heteroatoms. The van der Waals surface area contributed by atoms with Crippen molar-refractivity contribution < 1.29 is 9.47 Å². The topological polar surface area (TPSA) is 54.9 Å². The average Bonchev–Trinajstić information content (AvgIpc) is 2.67. The molecular formula is C21H35ClIN3O2. The predicted octanol–water partition coefficient (Wildman–Crippen LogP) is 4.23.